The molecule has 4 rings (SSSR count). The average molecular weight is 497 g/mol. The molecule has 1 atom stereocenters. The van der Waals surface area contributed by atoms with Crippen LogP contribution in [0.3, 0.4) is 0 Å². The van der Waals surface area contributed by atoms with Crippen molar-refractivity contribution in [1.29, 1.82) is 0 Å². The maximum absolute atomic E-state index is 13.6. The molecule has 0 bridgehead atoms. The molecule has 1 amide bonds. The van der Waals surface area contributed by atoms with Crippen LogP contribution in [-0.2, 0) is 4.79 Å². The van der Waals surface area contributed by atoms with Gasteiger partial charge in [-0.15, -0.1) is 0 Å². The van der Waals surface area contributed by atoms with Gasteiger partial charge in [-0.2, -0.15) is 4.68 Å². The Morgan fingerprint density at radius 2 is 2.06 bits per heavy atom. The van der Waals surface area contributed by atoms with Gasteiger partial charge in [-0.3, -0.25) is 4.79 Å². The first-order chi connectivity index (χ1) is 15.4. The van der Waals surface area contributed by atoms with Crippen LogP contribution in [-0.4, -0.2) is 32.7 Å². The number of carbonyl (C=O) groups is 1. The number of benzene rings is 2. The highest BCUT2D eigenvalue weighted by atomic mass is 79.9. The number of carbonyl (C=O) groups excluding carboxylic acids is 1. The Hall–Kier alpha value is -3.20. The van der Waals surface area contributed by atoms with Crippen LogP contribution >= 0.6 is 15.9 Å². The lowest BCUT2D eigenvalue weighted by Crippen LogP contribution is -2.32. The number of hydrogen-bond acceptors (Lipinski definition) is 6. The molecule has 0 saturated carbocycles. The van der Waals surface area contributed by atoms with Crippen molar-refractivity contribution in [1.82, 2.24) is 20.2 Å². The van der Waals surface area contributed by atoms with Gasteiger partial charge in [0.2, 0.25) is 5.95 Å². The van der Waals surface area contributed by atoms with E-state index in [2.05, 4.69) is 49.0 Å². The smallest absolute Gasteiger partial charge is 0.255 e. The molecule has 2 aromatic carbocycles. The quantitative estimate of drug-likeness (QED) is 0.510. The number of aryl methyl sites for hydroxylation is 1. The Balaban J connectivity index is 1.82. The fraction of sp³-hybridized carbons (Fsp3) is 0.304. The van der Waals surface area contributed by atoms with E-state index in [1.165, 1.54) is 0 Å². The second-order valence-electron chi connectivity index (χ2n) is 7.75. The lowest BCUT2D eigenvalue weighted by molar-refractivity contribution is -0.113. The van der Waals surface area contributed by atoms with E-state index >= 15 is 0 Å². The zero-order valence-electron chi connectivity index (χ0n) is 18.4. The maximum Gasteiger partial charge on any atom is 0.255 e. The summed E-state index contributed by atoms with van der Waals surface area (Å²) in [6.07, 6.45) is 0.868. The number of ether oxygens (including phenoxy) is 1. The van der Waals surface area contributed by atoms with E-state index in [4.69, 9.17) is 4.74 Å². The highest BCUT2D eigenvalue weighted by Gasteiger charge is 2.36. The van der Waals surface area contributed by atoms with Gasteiger partial charge < -0.3 is 15.4 Å². The minimum atomic E-state index is -0.560. The molecule has 1 aromatic heterocycles. The fourth-order valence-corrected chi connectivity index (χ4v) is 4.13. The van der Waals surface area contributed by atoms with Gasteiger partial charge >= 0.3 is 0 Å². The molecule has 2 N–H and O–H groups in total. The van der Waals surface area contributed by atoms with Crippen molar-refractivity contribution in [2.75, 3.05) is 17.2 Å². The summed E-state index contributed by atoms with van der Waals surface area (Å²) in [5, 5.41) is 18.3. The number of aromatic nitrogens is 4. The Labute approximate surface area is 195 Å². The third-order valence-corrected chi connectivity index (χ3v) is 6.03. The van der Waals surface area contributed by atoms with Crippen LogP contribution < -0.4 is 15.4 Å². The van der Waals surface area contributed by atoms with Gasteiger partial charge in [0.1, 0.15) is 11.8 Å². The van der Waals surface area contributed by atoms with Gasteiger partial charge in [0.15, 0.2) is 0 Å². The van der Waals surface area contributed by atoms with Crippen LogP contribution in [0.4, 0.5) is 11.6 Å². The van der Waals surface area contributed by atoms with E-state index in [0.717, 1.165) is 33.3 Å². The standard InChI is InChI=1S/C23H25BrN6O2/c1-5-11-32-19-10-9-16(24)12-17(19)21-20(15(4)25-23-27-28-29-30(21)23)22(31)26-18-8-6-7-13(2)14(18)3/h6-10,12,21H,5,11H2,1-4H3,(H,26,31)(H,25,27,29). The normalized spacial score (nSPS) is 15.2. The zero-order chi connectivity index (χ0) is 22.8. The molecule has 1 aliphatic rings. The number of tetrazole rings is 1. The van der Waals surface area contributed by atoms with E-state index in [9.17, 15) is 4.79 Å². The molecular weight excluding hydrogens is 472 g/mol. The summed E-state index contributed by atoms with van der Waals surface area (Å²) in [5.41, 5.74) is 4.90. The molecule has 9 heteroatoms. The van der Waals surface area contributed by atoms with Crippen molar-refractivity contribution in [2.45, 2.75) is 40.2 Å². The van der Waals surface area contributed by atoms with Gasteiger partial charge in [-0.05, 0) is 73.0 Å². The maximum atomic E-state index is 13.6. The number of fused-ring (bicyclic) bond motifs is 1. The topological polar surface area (TPSA) is 94.0 Å². The molecule has 32 heavy (non-hydrogen) atoms. The summed E-state index contributed by atoms with van der Waals surface area (Å²) < 4.78 is 8.51. The number of nitrogens with one attached hydrogen (secondary N) is 2. The van der Waals surface area contributed by atoms with E-state index in [1.807, 2.05) is 57.2 Å². The predicted molar refractivity (Wildman–Crippen MR) is 127 cm³/mol. The van der Waals surface area contributed by atoms with Gasteiger partial charge in [0.25, 0.3) is 5.91 Å². The zero-order valence-corrected chi connectivity index (χ0v) is 20.0. The molecule has 0 radical (unpaired) electrons. The molecule has 1 unspecified atom stereocenters. The lowest BCUT2D eigenvalue weighted by Gasteiger charge is -2.29. The number of amides is 1. The lowest BCUT2D eigenvalue weighted by atomic mass is 9.94. The third-order valence-electron chi connectivity index (χ3n) is 5.54. The van der Waals surface area contributed by atoms with E-state index in [-0.39, 0.29) is 5.91 Å². The molecular formula is C23H25BrN6O2. The first kappa shape index (κ1) is 22.0. The first-order valence-electron chi connectivity index (χ1n) is 10.5. The molecule has 0 saturated heterocycles. The Kier molecular flexibility index (Phi) is 6.27. The van der Waals surface area contributed by atoms with Crippen LogP contribution in [0, 0.1) is 13.8 Å². The molecule has 166 valence electrons. The van der Waals surface area contributed by atoms with Crippen LogP contribution in [0.5, 0.6) is 5.75 Å². The number of rotatable bonds is 6. The Morgan fingerprint density at radius 1 is 1.25 bits per heavy atom. The second kappa shape index (κ2) is 9.12. The Morgan fingerprint density at radius 3 is 2.84 bits per heavy atom. The summed E-state index contributed by atoms with van der Waals surface area (Å²) >= 11 is 3.56. The molecule has 0 fully saturated rings. The molecule has 0 spiro atoms. The molecule has 2 heterocycles. The number of nitrogens with zero attached hydrogens (tertiary/aromatic N) is 4. The minimum absolute atomic E-state index is 0.226. The van der Waals surface area contributed by atoms with Gasteiger partial charge in [-0.25, -0.2) is 0 Å². The summed E-state index contributed by atoms with van der Waals surface area (Å²) in [7, 11) is 0. The van der Waals surface area contributed by atoms with E-state index in [0.29, 0.717) is 29.6 Å². The van der Waals surface area contributed by atoms with E-state index < -0.39 is 6.04 Å². The van der Waals surface area contributed by atoms with Gasteiger partial charge in [0.05, 0.1) is 12.2 Å². The summed E-state index contributed by atoms with van der Waals surface area (Å²) in [6.45, 7) is 8.48. The highest BCUT2D eigenvalue weighted by Crippen LogP contribution is 2.40. The number of allylic oxidation sites excluding steroid dienone is 1. The van der Waals surface area contributed by atoms with Crippen molar-refractivity contribution in [3.05, 3.63) is 68.8 Å². The van der Waals surface area contributed by atoms with Crippen molar-refractivity contribution in [3.8, 4) is 5.75 Å². The predicted octanol–water partition coefficient (Wildman–Crippen LogP) is 4.77. The van der Waals surface area contributed by atoms with Crippen molar-refractivity contribution in [2.24, 2.45) is 0 Å². The number of anilines is 2. The highest BCUT2D eigenvalue weighted by molar-refractivity contribution is 9.10. The average Bonchev–Trinajstić information content (AvgIpc) is 3.23. The minimum Gasteiger partial charge on any atom is -0.493 e. The number of halogens is 1. The van der Waals surface area contributed by atoms with Crippen LogP contribution in [0.1, 0.15) is 43.0 Å². The fourth-order valence-electron chi connectivity index (χ4n) is 3.75. The SMILES string of the molecule is CCCOc1ccc(Br)cc1C1C(C(=O)Nc2cccc(C)c2C)=C(C)Nc2nnnn21. The monoisotopic (exact) mass is 496 g/mol. The summed E-state index contributed by atoms with van der Waals surface area (Å²) in [4.78, 5) is 13.6. The van der Waals surface area contributed by atoms with Crippen molar-refractivity contribution in [3.63, 3.8) is 0 Å². The molecule has 1 aliphatic heterocycles. The summed E-state index contributed by atoms with van der Waals surface area (Å²) in [5.74, 6) is 0.932. The molecule has 8 nitrogen and oxygen atoms in total. The van der Waals surface area contributed by atoms with Gasteiger partial charge in [0, 0.05) is 21.4 Å². The van der Waals surface area contributed by atoms with Crippen molar-refractivity contribution >= 4 is 33.5 Å². The first-order valence-corrected chi connectivity index (χ1v) is 11.3. The largest absolute Gasteiger partial charge is 0.493 e. The van der Waals surface area contributed by atoms with E-state index in [1.54, 1.807) is 4.68 Å². The van der Waals surface area contributed by atoms with Crippen LogP contribution in [0.25, 0.3) is 0 Å². The second-order valence-corrected chi connectivity index (χ2v) is 8.66. The molecule has 3 aromatic rings. The van der Waals surface area contributed by atoms with Crippen molar-refractivity contribution < 1.29 is 9.53 Å². The summed E-state index contributed by atoms with van der Waals surface area (Å²) in [6, 6.07) is 11.1. The Bertz CT molecular complexity index is 1200. The van der Waals surface area contributed by atoms with Crippen LogP contribution in [0.2, 0.25) is 0 Å². The molecule has 0 aliphatic carbocycles. The third kappa shape index (κ3) is 4.12. The van der Waals surface area contributed by atoms with Crippen LogP contribution in [0.15, 0.2) is 52.1 Å². The van der Waals surface area contributed by atoms with Gasteiger partial charge in [-0.1, -0.05) is 40.1 Å². The number of hydrogen-bond donors (Lipinski definition) is 2.